The maximum Gasteiger partial charge on any atom is 0.238 e. The van der Waals surface area contributed by atoms with Crippen molar-refractivity contribution in [3.63, 3.8) is 0 Å². The summed E-state index contributed by atoms with van der Waals surface area (Å²) in [5, 5.41) is 2.97. The molecule has 0 aliphatic carbocycles. The minimum Gasteiger partial charge on any atom is -0.325 e. The van der Waals surface area contributed by atoms with Gasteiger partial charge in [0.2, 0.25) is 5.91 Å². The molecule has 8 nitrogen and oxygen atoms in total. The van der Waals surface area contributed by atoms with E-state index in [9.17, 15) is 9.59 Å². The first-order valence-corrected chi connectivity index (χ1v) is 12.6. The van der Waals surface area contributed by atoms with Crippen LogP contribution >= 0.6 is 0 Å². The third-order valence-electron chi connectivity index (χ3n) is 5.99. The van der Waals surface area contributed by atoms with Gasteiger partial charge in [0.15, 0.2) is 0 Å². The first-order valence-electron chi connectivity index (χ1n) is 12.6. The van der Waals surface area contributed by atoms with E-state index in [1.54, 1.807) is 18.6 Å². The smallest absolute Gasteiger partial charge is 0.238 e. The lowest BCUT2D eigenvalue weighted by Crippen LogP contribution is -2.39. The average molecular weight is 509 g/mol. The van der Waals surface area contributed by atoms with Gasteiger partial charge in [0.25, 0.3) is 0 Å². The van der Waals surface area contributed by atoms with Crippen LogP contribution in [0, 0.1) is 0 Å². The lowest BCUT2D eigenvalue weighted by atomic mass is 10.1. The number of hydrogen-bond donors (Lipinski definition) is 1. The van der Waals surface area contributed by atoms with Crippen molar-refractivity contribution in [1.29, 1.82) is 0 Å². The van der Waals surface area contributed by atoms with Gasteiger partial charge in [0, 0.05) is 63.4 Å². The standard InChI is InChI=1S/C30H32N6O2/c37-20-14-25-10-12-26(13-11-25)34-30(38)24-36(23-29-9-3-6-17-33-29)19-18-35(21-27-7-1-4-15-31-27)22-28-8-2-5-16-32-28/h1-13,15-17,20H,14,18-19,21-24H2,(H,34,38). The molecule has 0 atom stereocenters. The van der Waals surface area contributed by atoms with E-state index < -0.39 is 0 Å². The van der Waals surface area contributed by atoms with E-state index in [0.717, 1.165) is 28.9 Å². The maximum absolute atomic E-state index is 13.0. The summed E-state index contributed by atoms with van der Waals surface area (Å²) in [5.74, 6) is -0.106. The fraction of sp³-hybridized carbons (Fsp3) is 0.233. The molecule has 194 valence electrons. The van der Waals surface area contributed by atoms with Gasteiger partial charge >= 0.3 is 0 Å². The Balaban J connectivity index is 1.43. The lowest BCUT2D eigenvalue weighted by molar-refractivity contribution is -0.117. The van der Waals surface area contributed by atoms with Gasteiger partial charge < -0.3 is 10.1 Å². The van der Waals surface area contributed by atoms with Crippen LogP contribution < -0.4 is 5.32 Å². The molecule has 0 saturated heterocycles. The predicted molar refractivity (Wildman–Crippen MR) is 147 cm³/mol. The normalized spacial score (nSPS) is 11.0. The Labute approximate surface area is 223 Å². The van der Waals surface area contributed by atoms with Crippen molar-refractivity contribution in [1.82, 2.24) is 24.8 Å². The SMILES string of the molecule is O=CCc1ccc(NC(=O)CN(CCN(Cc2ccccn2)Cc2ccccn2)Cc2ccccn2)cc1. The molecular weight excluding hydrogens is 476 g/mol. The molecule has 3 heterocycles. The first kappa shape index (κ1) is 26.8. The molecule has 0 fully saturated rings. The second-order valence-corrected chi connectivity index (χ2v) is 9.00. The summed E-state index contributed by atoms with van der Waals surface area (Å²) in [6, 6.07) is 25.0. The number of aromatic nitrogens is 3. The summed E-state index contributed by atoms with van der Waals surface area (Å²) in [6.07, 6.45) is 6.60. The number of amides is 1. The predicted octanol–water partition coefficient (Wildman–Crippen LogP) is 3.76. The van der Waals surface area contributed by atoms with Crippen LogP contribution in [0.5, 0.6) is 0 Å². The van der Waals surface area contributed by atoms with E-state index in [-0.39, 0.29) is 12.5 Å². The number of nitrogens with zero attached hydrogens (tertiary/aromatic N) is 5. The zero-order chi connectivity index (χ0) is 26.4. The number of carbonyl (C=O) groups excluding carboxylic acids is 2. The fourth-order valence-corrected chi connectivity index (χ4v) is 4.10. The first-order chi connectivity index (χ1) is 18.7. The second kappa shape index (κ2) is 14.5. The van der Waals surface area contributed by atoms with Gasteiger partial charge in [-0.1, -0.05) is 30.3 Å². The van der Waals surface area contributed by atoms with E-state index in [1.165, 1.54) is 0 Å². The highest BCUT2D eigenvalue weighted by atomic mass is 16.2. The van der Waals surface area contributed by atoms with Gasteiger partial charge in [-0.2, -0.15) is 0 Å². The highest BCUT2D eigenvalue weighted by molar-refractivity contribution is 5.92. The molecule has 0 spiro atoms. The summed E-state index contributed by atoms with van der Waals surface area (Å²) in [4.78, 5) is 41.6. The quantitative estimate of drug-likeness (QED) is 0.259. The van der Waals surface area contributed by atoms with Gasteiger partial charge in [-0.3, -0.25) is 29.5 Å². The van der Waals surface area contributed by atoms with E-state index in [4.69, 9.17) is 0 Å². The highest BCUT2D eigenvalue weighted by Gasteiger charge is 2.16. The van der Waals surface area contributed by atoms with Crippen LogP contribution in [0.3, 0.4) is 0 Å². The average Bonchev–Trinajstić information content (AvgIpc) is 2.94. The lowest BCUT2D eigenvalue weighted by Gasteiger charge is -2.27. The molecule has 4 rings (SSSR count). The van der Waals surface area contributed by atoms with Crippen LogP contribution in [0.4, 0.5) is 5.69 Å². The van der Waals surface area contributed by atoms with E-state index in [2.05, 4.69) is 30.1 Å². The van der Waals surface area contributed by atoms with Crippen molar-refractivity contribution in [3.05, 3.63) is 120 Å². The Morgan fingerprint density at radius 2 is 1.18 bits per heavy atom. The summed E-state index contributed by atoms with van der Waals surface area (Å²) in [5.41, 5.74) is 4.48. The van der Waals surface area contributed by atoms with Crippen molar-refractivity contribution in [2.45, 2.75) is 26.1 Å². The number of benzene rings is 1. The van der Waals surface area contributed by atoms with E-state index in [1.807, 2.05) is 78.9 Å². The van der Waals surface area contributed by atoms with Crippen LogP contribution in [-0.2, 0) is 35.6 Å². The number of nitrogens with one attached hydrogen (secondary N) is 1. The van der Waals surface area contributed by atoms with Crippen LogP contribution in [0.1, 0.15) is 22.6 Å². The Morgan fingerprint density at radius 3 is 1.66 bits per heavy atom. The zero-order valence-electron chi connectivity index (χ0n) is 21.3. The summed E-state index contributed by atoms with van der Waals surface area (Å²) < 4.78 is 0. The van der Waals surface area contributed by atoms with E-state index in [0.29, 0.717) is 44.8 Å². The van der Waals surface area contributed by atoms with Crippen molar-refractivity contribution < 1.29 is 9.59 Å². The van der Waals surface area contributed by atoms with E-state index >= 15 is 0 Å². The Kier molecular flexibility index (Phi) is 10.2. The number of hydrogen-bond acceptors (Lipinski definition) is 7. The van der Waals surface area contributed by atoms with Crippen LogP contribution in [0.2, 0.25) is 0 Å². The number of pyridine rings is 3. The largest absolute Gasteiger partial charge is 0.325 e. The molecule has 0 aliphatic rings. The summed E-state index contributed by atoms with van der Waals surface area (Å²) in [6.45, 7) is 3.49. The molecule has 3 aromatic heterocycles. The molecule has 0 saturated carbocycles. The number of rotatable bonds is 14. The molecule has 0 aliphatic heterocycles. The summed E-state index contributed by atoms with van der Waals surface area (Å²) >= 11 is 0. The second-order valence-electron chi connectivity index (χ2n) is 9.00. The van der Waals surface area contributed by atoms with Gasteiger partial charge in [0.1, 0.15) is 6.29 Å². The molecule has 4 aromatic rings. The topological polar surface area (TPSA) is 91.3 Å². The Morgan fingerprint density at radius 1 is 0.684 bits per heavy atom. The third kappa shape index (κ3) is 8.99. The maximum atomic E-state index is 13.0. The van der Waals surface area contributed by atoms with Gasteiger partial charge in [-0.15, -0.1) is 0 Å². The molecule has 0 bridgehead atoms. The summed E-state index contributed by atoms with van der Waals surface area (Å²) in [7, 11) is 0. The zero-order valence-corrected chi connectivity index (χ0v) is 21.3. The third-order valence-corrected chi connectivity index (χ3v) is 5.99. The van der Waals surface area contributed by atoms with Crippen molar-refractivity contribution in [2.24, 2.45) is 0 Å². The Hall–Kier alpha value is -4.27. The van der Waals surface area contributed by atoms with Crippen molar-refractivity contribution >= 4 is 17.9 Å². The monoisotopic (exact) mass is 508 g/mol. The van der Waals surface area contributed by atoms with Crippen LogP contribution in [0.25, 0.3) is 0 Å². The molecular formula is C30H32N6O2. The Bertz CT molecular complexity index is 1210. The molecule has 0 radical (unpaired) electrons. The molecule has 38 heavy (non-hydrogen) atoms. The molecule has 0 unspecified atom stereocenters. The molecule has 8 heteroatoms. The number of anilines is 1. The molecule has 1 amide bonds. The number of carbonyl (C=O) groups is 2. The highest BCUT2D eigenvalue weighted by Crippen LogP contribution is 2.11. The molecule has 1 aromatic carbocycles. The minimum absolute atomic E-state index is 0.106. The minimum atomic E-state index is -0.106. The van der Waals surface area contributed by atoms with Crippen molar-refractivity contribution in [3.8, 4) is 0 Å². The number of aldehydes is 1. The fourth-order valence-electron chi connectivity index (χ4n) is 4.10. The van der Waals surface area contributed by atoms with Gasteiger partial charge in [0.05, 0.1) is 23.6 Å². The van der Waals surface area contributed by atoms with Gasteiger partial charge in [-0.25, -0.2) is 0 Å². The van der Waals surface area contributed by atoms with Crippen LogP contribution in [0.15, 0.2) is 97.5 Å². The molecule has 1 N–H and O–H groups in total. The van der Waals surface area contributed by atoms with Crippen LogP contribution in [-0.4, -0.2) is 56.6 Å². The van der Waals surface area contributed by atoms with Gasteiger partial charge in [-0.05, 0) is 54.1 Å². The van der Waals surface area contributed by atoms with Crippen molar-refractivity contribution in [2.75, 3.05) is 25.0 Å².